The summed E-state index contributed by atoms with van der Waals surface area (Å²) in [6, 6.07) is 7.74. The number of aromatic nitrogens is 4. The number of nitrogens with zero attached hydrogens (tertiary/aromatic N) is 3. The minimum atomic E-state index is -3.69. The zero-order valence-electron chi connectivity index (χ0n) is 19.0. The maximum atomic E-state index is 14.5. The van der Waals surface area contributed by atoms with Gasteiger partial charge < -0.3 is 14.3 Å². The molecule has 5 rings (SSSR count). The number of nitrogens with one attached hydrogen (secondary N) is 1. The lowest BCUT2D eigenvalue weighted by molar-refractivity contribution is 0.439. The van der Waals surface area contributed by atoms with Gasteiger partial charge in [0.15, 0.2) is 11.6 Å². The SMILES string of the molecule is CCS(=O)(=O)n1c(C)nc2cc(Oc3ccc(F)cc3F)c(-c3cn(C)c(=O)c4[nH]ccc34)cc21. The average Bonchev–Trinajstić information content (AvgIpc) is 3.42. The fraction of sp³-hybridized carbons (Fsp3) is 0.167. The zero-order chi connectivity index (χ0) is 25.1. The first-order valence-corrected chi connectivity index (χ1v) is 12.3. The predicted octanol–water partition coefficient (Wildman–Crippen LogP) is 4.46. The lowest BCUT2D eigenvalue weighted by atomic mass is 10.0. The molecule has 0 unspecified atom stereocenters. The molecule has 1 N–H and O–H groups in total. The van der Waals surface area contributed by atoms with E-state index in [1.165, 1.54) is 17.6 Å². The van der Waals surface area contributed by atoms with Crippen molar-refractivity contribution in [3.05, 3.63) is 76.6 Å². The van der Waals surface area contributed by atoms with Crippen LogP contribution in [0.1, 0.15) is 12.7 Å². The van der Waals surface area contributed by atoms with Gasteiger partial charge >= 0.3 is 0 Å². The third kappa shape index (κ3) is 3.68. The van der Waals surface area contributed by atoms with Gasteiger partial charge in [0.2, 0.25) is 10.0 Å². The average molecular weight is 499 g/mol. The summed E-state index contributed by atoms with van der Waals surface area (Å²) in [5.41, 5.74) is 1.65. The summed E-state index contributed by atoms with van der Waals surface area (Å²) in [4.78, 5) is 19.9. The van der Waals surface area contributed by atoms with Crippen molar-refractivity contribution < 1.29 is 21.9 Å². The van der Waals surface area contributed by atoms with Gasteiger partial charge in [-0.15, -0.1) is 0 Å². The van der Waals surface area contributed by atoms with Crippen LogP contribution in [0.5, 0.6) is 11.5 Å². The van der Waals surface area contributed by atoms with Gasteiger partial charge in [0.25, 0.3) is 5.56 Å². The third-order valence-corrected chi connectivity index (χ3v) is 7.56. The molecule has 0 fully saturated rings. The molecule has 5 aromatic rings. The second-order valence-electron chi connectivity index (χ2n) is 8.06. The largest absolute Gasteiger partial charge is 0.454 e. The number of aromatic amines is 1. The van der Waals surface area contributed by atoms with Crippen molar-refractivity contribution in [1.29, 1.82) is 0 Å². The highest BCUT2D eigenvalue weighted by molar-refractivity contribution is 7.90. The van der Waals surface area contributed by atoms with Crippen LogP contribution in [0.4, 0.5) is 8.78 Å². The molecule has 0 bridgehead atoms. The van der Waals surface area contributed by atoms with E-state index >= 15 is 0 Å². The number of fused-ring (bicyclic) bond motifs is 2. The van der Waals surface area contributed by atoms with E-state index in [2.05, 4.69) is 9.97 Å². The number of hydrogen-bond acceptors (Lipinski definition) is 5. The van der Waals surface area contributed by atoms with E-state index in [1.54, 1.807) is 38.5 Å². The Kier molecular flexibility index (Phi) is 5.24. The Bertz CT molecular complexity index is 1800. The summed E-state index contributed by atoms with van der Waals surface area (Å²) >= 11 is 0. The molecule has 0 atom stereocenters. The van der Waals surface area contributed by atoms with Crippen molar-refractivity contribution in [1.82, 2.24) is 18.5 Å². The van der Waals surface area contributed by atoms with Gasteiger partial charge in [0, 0.05) is 48.1 Å². The molecule has 8 nitrogen and oxygen atoms in total. The van der Waals surface area contributed by atoms with E-state index in [4.69, 9.17) is 4.74 Å². The molecule has 180 valence electrons. The third-order valence-electron chi connectivity index (χ3n) is 5.81. The Morgan fingerprint density at radius 1 is 1.09 bits per heavy atom. The standard InChI is InChI=1S/C24H20F2N4O4S/c1-4-35(32,33)30-13(2)28-19-11-22(34-21-6-5-14(25)9-18(21)26)16(10-20(19)30)17-12-29(3)24(31)23-15(17)7-8-27-23/h5-12,27H,4H2,1-3H3. The Balaban J connectivity index is 1.86. The van der Waals surface area contributed by atoms with E-state index in [0.29, 0.717) is 39.1 Å². The number of aryl methyl sites for hydroxylation is 2. The van der Waals surface area contributed by atoms with E-state index in [0.717, 1.165) is 16.1 Å². The fourth-order valence-corrected chi connectivity index (χ4v) is 5.29. The lowest BCUT2D eigenvalue weighted by Crippen LogP contribution is -2.17. The molecule has 0 saturated carbocycles. The number of H-pyrrole nitrogens is 1. The Morgan fingerprint density at radius 2 is 1.86 bits per heavy atom. The van der Waals surface area contributed by atoms with Gasteiger partial charge in [-0.2, -0.15) is 0 Å². The summed E-state index contributed by atoms with van der Waals surface area (Å²) in [5, 5.41) is 0.568. The minimum absolute atomic E-state index is 0.143. The van der Waals surface area contributed by atoms with Crippen molar-refractivity contribution in [3.63, 3.8) is 0 Å². The Hall–Kier alpha value is -3.99. The van der Waals surface area contributed by atoms with Crippen LogP contribution in [0, 0.1) is 18.6 Å². The molecule has 0 aliphatic heterocycles. The molecule has 2 aromatic carbocycles. The van der Waals surface area contributed by atoms with E-state index in [1.807, 2.05) is 0 Å². The van der Waals surface area contributed by atoms with Crippen LogP contribution in [0.2, 0.25) is 0 Å². The number of pyridine rings is 1. The monoisotopic (exact) mass is 498 g/mol. The van der Waals surface area contributed by atoms with Gasteiger partial charge in [-0.25, -0.2) is 26.2 Å². The topological polar surface area (TPSA) is 99.0 Å². The van der Waals surface area contributed by atoms with E-state index in [-0.39, 0.29) is 28.6 Å². The van der Waals surface area contributed by atoms with Crippen LogP contribution in [-0.2, 0) is 17.1 Å². The van der Waals surface area contributed by atoms with Gasteiger partial charge in [-0.3, -0.25) is 4.79 Å². The second kappa shape index (κ2) is 8.05. The number of rotatable bonds is 5. The number of hydrogen-bond donors (Lipinski definition) is 1. The molecule has 3 aromatic heterocycles. The molecular weight excluding hydrogens is 478 g/mol. The van der Waals surface area contributed by atoms with Crippen LogP contribution in [0.25, 0.3) is 33.1 Å². The fourth-order valence-electron chi connectivity index (χ4n) is 4.14. The number of halogens is 2. The molecule has 0 aliphatic carbocycles. The van der Waals surface area contributed by atoms with Gasteiger partial charge in [-0.05, 0) is 38.1 Å². The number of imidazole rings is 1. The maximum Gasteiger partial charge on any atom is 0.274 e. The predicted molar refractivity (Wildman–Crippen MR) is 128 cm³/mol. The summed E-state index contributed by atoms with van der Waals surface area (Å²) in [7, 11) is -2.11. The summed E-state index contributed by atoms with van der Waals surface area (Å²) < 4.78 is 62.0. The van der Waals surface area contributed by atoms with Gasteiger partial charge in [0.1, 0.15) is 22.9 Å². The molecule has 0 spiro atoms. The molecule has 0 aliphatic rings. The summed E-state index contributed by atoms with van der Waals surface area (Å²) in [6.07, 6.45) is 3.21. The van der Waals surface area contributed by atoms with Gasteiger partial charge in [-0.1, -0.05) is 0 Å². The molecule has 0 saturated heterocycles. The molecule has 0 amide bonds. The van der Waals surface area contributed by atoms with Gasteiger partial charge in [0.05, 0.1) is 16.8 Å². The first-order chi connectivity index (χ1) is 16.6. The minimum Gasteiger partial charge on any atom is -0.454 e. The first-order valence-electron chi connectivity index (χ1n) is 10.7. The summed E-state index contributed by atoms with van der Waals surface area (Å²) in [5.74, 6) is -1.61. The molecule has 3 heterocycles. The van der Waals surface area contributed by atoms with E-state index in [9.17, 15) is 22.0 Å². The van der Waals surface area contributed by atoms with Crippen molar-refractivity contribution in [2.24, 2.45) is 7.05 Å². The Morgan fingerprint density at radius 3 is 2.57 bits per heavy atom. The van der Waals surface area contributed by atoms with Crippen LogP contribution >= 0.6 is 0 Å². The van der Waals surface area contributed by atoms with Crippen LogP contribution in [0.3, 0.4) is 0 Å². The lowest BCUT2D eigenvalue weighted by Gasteiger charge is -2.15. The van der Waals surface area contributed by atoms with Crippen LogP contribution in [-0.4, -0.2) is 32.7 Å². The quantitative estimate of drug-likeness (QED) is 0.386. The van der Waals surface area contributed by atoms with Crippen molar-refractivity contribution in [3.8, 4) is 22.6 Å². The highest BCUT2D eigenvalue weighted by atomic mass is 32.2. The van der Waals surface area contributed by atoms with Crippen molar-refractivity contribution in [2.45, 2.75) is 13.8 Å². The molecule has 11 heteroatoms. The molecule has 35 heavy (non-hydrogen) atoms. The highest BCUT2D eigenvalue weighted by Gasteiger charge is 2.23. The first kappa shape index (κ1) is 22.8. The molecular formula is C24H20F2N4O4S. The van der Waals surface area contributed by atoms with Crippen LogP contribution in [0.15, 0.2) is 53.6 Å². The number of ether oxygens (including phenoxy) is 1. The smallest absolute Gasteiger partial charge is 0.274 e. The molecule has 0 radical (unpaired) electrons. The Labute approximate surface area is 198 Å². The van der Waals surface area contributed by atoms with E-state index < -0.39 is 21.7 Å². The number of benzene rings is 2. The maximum absolute atomic E-state index is 14.5. The highest BCUT2D eigenvalue weighted by Crippen LogP contribution is 2.40. The normalized spacial score (nSPS) is 12.0. The zero-order valence-corrected chi connectivity index (χ0v) is 19.8. The van der Waals surface area contributed by atoms with Crippen LogP contribution < -0.4 is 10.3 Å². The van der Waals surface area contributed by atoms with Crippen molar-refractivity contribution >= 4 is 32.0 Å². The summed E-state index contributed by atoms with van der Waals surface area (Å²) in [6.45, 7) is 3.11. The second-order valence-corrected chi connectivity index (χ2v) is 10.2. The van der Waals surface area contributed by atoms with Crippen molar-refractivity contribution in [2.75, 3.05) is 5.75 Å².